The summed E-state index contributed by atoms with van der Waals surface area (Å²) in [6, 6.07) is 0.00891. The van der Waals surface area contributed by atoms with Crippen LogP contribution in [0.4, 0.5) is 0 Å². The maximum absolute atomic E-state index is 11.6. The molecule has 3 atom stereocenters. The third-order valence-corrected chi connectivity index (χ3v) is 5.13. The topological polar surface area (TPSA) is 66.4 Å². The first kappa shape index (κ1) is 15.9. The van der Waals surface area contributed by atoms with Gasteiger partial charge < -0.3 is 10.4 Å². The van der Waals surface area contributed by atoms with E-state index in [0.29, 0.717) is 6.54 Å². The zero-order valence-corrected chi connectivity index (χ0v) is 12.8. The fraction of sp³-hybridized carbons (Fsp3) is 1.00. The van der Waals surface area contributed by atoms with Gasteiger partial charge in [-0.05, 0) is 24.7 Å². The molecule has 0 spiro atoms. The molecule has 0 radical (unpaired) electrons. The molecule has 0 aromatic carbocycles. The average molecular weight is 277 g/mol. The van der Waals surface area contributed by atoms with Gasteiger partial charge in [-0.25, -0.2) is 8.42 Å². The van der Waals surface area contributed by atoms with E-state index in [1.807, 2.05) is 0 Å². The van der Waals surface area contributed by atoms with E-state index in [4.69, 9.17) is 0 Å². The van der Waals surface area contributed by atoms with Crippen LogP contribution in [0.2, 0.25) is 0 Å². The number of aliphatic hydroxyl groups is 1. The Bertz CT molecular complexity index is 359. The van der Waals surface area contributed by atoms with Gasteiger partial charge in [-0.2, -0.15) is 0 Å². The quantitative estimate of drug-likeness (QED) is 0.796. The molecule has 4 nitrogen and oxygen atoms in total. The Morgan fingerprint density at radius 1 is 1.33 bits per heavy atom. The zero-order chi connectivity index (χ0) is 14.0. The molecular formula is C13H27NO3S. The zero-order valence-electron chi connectivity index (χ0n) is 11.9. The van der Waals surface area contributed by atoms with Crippen LogP contribution >= 0.6 is 0 Å². The molecule has 1 fully saturated rings. The molecule has 2 N–H and O–H groups in total. The third kappa shape index (κ3) is 5.24. The van der Waals surface area contributed by atoms with Crippen molar-refractivity contribution in [1.82, 2.24) is 5.32 Å². The van der Waals surface area contributed by atoms with E-state index in [2.05, 4.69) is 26.1 Å². The van der Waals surface area contributed by atoms with Gasteiger partial charge in [-0.15, -0.1) is 0 Å². The highest BCUT2D eigenvalue weighted by atomic mass is 32.2. The van der Waals surface area contributed by atoms with E-state index in [1.165, 1.54) is 6.26 Å². The second-order valence-corrected chi connectivity index (χ2v) is 9.00. The monoisotopic (exact) mass is 277 g/mol. The van der Waals surface area contributed by atoms with Crippen LogP contribution in [0, 0.1) is 5.41 Å². The lowest BCUT2D eigenvalue weighted by atomic mass is 9.89. The minimum atomic E-state index is -2.98. The Morgan fingerprint density at radius 2 is 1.94 bits per heavy atom. The Kier molecular flexibility index (Phi) is 5.21. The van der Waals surface area contributed by atoms with Crippen LogP contribution in [0.1, 0.15) is 46.5 Å². The van der Waals surface area contributed by atoms with Gasteiger partial charge in [0.05, 0.1) is 11.4 Å². The maximum Gasteiger partial charge on any atom is 0.151 e. The molecule has 0 saturated heterocycles. The van der Waals surface area contributed by atoms with Gasteiger partial charge in [-0.3, -0.25) is 0 Å². The molecule has 108 valence electrons. The van der Waals surface area contributed by atoms with Crippen molar-refractivity contribution in [3.05, 3.63) is 0 Å². The van der Waals surface area contributed by atoms with Gasteiger partial charge in [-0.1, -0.05) is 27.2 Å². The lowest BCUT2D eigenvalue weighted by Gasteiger charge is -2.25. The van der Waals surface area contributed by atoms with E-state index in [9.17, 15) is 13.5 Å². The summed E-state index contributed by atoms with van der Waals surface area (Å²) in [7, 11) is -2.98. The van der Waals surface area contributed by atoms with Gasteiger partial charge in [0.1, 0.15) is 0 Å². The fourth-order valence-electron chi connectivity index (χ4n) is 2.74. The lowest BCUT2D eigenvalue weighted by Crippen LogP contribution is -2.43. The molecule has 0 aromatic heterocycles. The molecule has 1 aliphatic carbocycles. The van der Waals surface area contributed by atoms with Crippen molar-refractivity contribution in [2.45, 2.75) is 63.9 Å². The number of aliphatic hydroxyl groups excluding tert-OH is 1. The van der Waals surface area contributed by atoms with Gasteiger partial charge >= 0.3 is 0 Å². The molecule has 0 bridgehead atoms. The Morgan fingerprint density at radius 3 is 2.44 bits per heavy atom. The van der Waals surface area contributed by atoms with E-state index >= 15 is 0 Å². The number of rotatable bonds is 5. The van der Waals surface area contributed by atoms with Crippen LogP contribution in [0.25, 0.3) is 0 Å². The fourth-order valence-corrected chi connectivity index (χ4v) is 4.16. The van der Waals surface area contributed by atoms with Gasteiger partial charge in [0, 0.05) is 18.8 Å². The maximum atomic E-state index is 11.6. The summed E-state index contributed by atoms with van der Waals surface area (Å²) in [5, 5.41) is 12.9. The van der Waals surface area contributed by atoms with Crippen LogP contribution in [-0.4, -0.2) is 43.7 Å². The van der Waals surface area contributed by atoms with E-state index < -0.39 is 15.9 Å². The minimum Gasteiger partial charge on any atom is -0.392 e. The summed E-state index contributed by atoms with van der Waals surface area (Å²) in [5.74, 6) is 0. The van der Waals surface area contributed by atoms with Crippen molar-refractivity contribution in [2.75, 3.05) is 12.8 Å². The van der Waals surface area contributed by atoms with Crippen molar-refractivity contribution in [3.63, 3.8) is 0 Å². The van der Waals surface area contributed by atoms with Crippen LogP contribution in [0.15, 0.2) is 0 Å². The minimum absolute atomic E-state index is 0.00891. The Labute approximate surface area is 111 Å². The predicted octanol–water partition coefficient (Wildman–Crippen LogP) is 1.34. The predicted molar refractivity (Wildman–Crippen MR) is 74.4 cm³/mol. The summed E-state index contributed by atoms with van der Waals surface area (Å²) in [5.41, 5.74) is 0.0903. The number of hydrogen-bond acceptors (Lipinski definition) is 4. The molecule has 0 heterocycles. The van der Waals surface area contributed by atoms with Crippen LogP contribution in [0.3, 0.4) is 0 Å². The van der Waals surface area contributed by atoms with E-state index in [1.54, 1.807) is 0 Å². The van der Waals surface area contributed by atoms with E-state index in [0.717, 1.165) is 25.7 Å². The van der Waals surface area contributed by atoms with Crippen molar-refractivity contribution in [3.8, 4) is 0 Å². The molecule has 0 unspecified atom stereocenters. The summed E-state index contributed by atoms with van der Waals surface area (Å²) in [6.07, 6.45) is 4.20. The lowest BCUT2D eigenvalue weighted by molar-refractivity contribution is 0.117. The van der Waals surface area contributed by atoms with Crippen molar-refractivity contribution in [2.24, 2.45) is 5.41 Å². The number of hydrogen-bond donors (Lipinski definition) is 2. The van der Waals surface area contributed by atoms with E-state index in [-0.39, 0.29) is 16.7 Å². The summed E-state index contributed by atoms with van der Waals surface area (Å²) in [6.45, 7) is 6.75. The third-order valence-electron chi connectivity index (χ3n) is 3.47. The second kappa shape index (κ2) is 5.88. The Hall–Kier alpha value is -0.130. The van der Waals surface area contributed by atoms with Gasteiger partial charge in [0.2, 0.25) is 0 Å². The molecule has 1 rings (SSSR count). The molecule has 1 saturated carbocycles. The average Bonchev–Trinajstić information content (AvgIpc) is 2.58. The van der Waals surface area contributed by atoms with Crippen LogP contribution in [0.5, 0.6) is 0 Å². The van der Waals surface area contributed by atoms with Crippen LogP contribution < -0.4 is 5.32 Å². The molecule has 0 amide bonds. The molecule has 1 aliphatic rings. The normalized spacial score (nSPS) is 27.4. The highest BCUT2D eigenvalue weighted by Crippen LogP contribution is 2.25. The largest absolute Gasteiger partial charge is 0.392 e. The van der Waals surface area contributed by atoms with Crippen molar-refractivity contribution < 1.29 is 13.5 Å². The molecule has 0 aliphatic heterocycles. The standard InChI is InChI=1S/C13H27NO3S/c1-13(2,3)8-10(15)9-14-11-6-5-7-12(11)18(4,16)17/h10-12,14-15H,5-9H2,1-4H3/t10-,11+,12+/m0/s1. The second-order valence-electron chi connectivity index (χ2n) is 6.73. The molecule has 0 aromatic rings. The van der Waals surface area contributed by atoms with Crippen molar-refractivity contribution in [1.29, 1.82) is 0 Å². The summed E-state index contributed by atoms with van der Waals surface area (Å²) in [4.78, 5) is 0. The smallest absolute Gasteiger partial charge is 0.151 e. The first-order chi connectivity index (χ1) is 8.09. The highest BCUT2D eigenvalue weighted by Gasteiger charge is 2.34. The molecule has 18 heavy (non-hydrogen) atoms. The highest BCUT2D eigenvalue weighted by molar-refractivity contribution is 7.91. The number of sulfone groups is 1. The van der Waals surface area contributed by atoms with Gasteiger partial charge in [0.15, 0.2) is 9.84 Å². The van der Waals surface area contributed by atoms with Gasteiger partial charge in [0.25, 0.3) is 0 Å². The first-order valence-electron chi connectivity index (χ1n) is 6.70. The molecule has 5 heteroatoms. The summed E-state index contributed by atoms with van der Waals surface area (Å²) >= 11 is 0. The van der Waals surface area contributed by atoms with Crippen molar-refractivity contribution >= 4 is 9.84 Å². The number of nitrogens with one attached hydrogen (secondary N) is 1. The van der Waals surface area contributed by atoms with Crippen LogP contribution in [-0.2, 0) is 9.84 Å². The first-order valence-corrected chi connectivity index (χ1v) is 8.65. The summed E-state index contributed by atoms with van der Waals surface area (Å²) < 4.78 is 23.2. The molecular weight excluding hydrogens is 250 g/mol. The SMILES string of the molecule is CC(C)(C)C[C@H](O)CN[C@@H]1CCC[C@H]1S(C)(=O)=O. The Balaban J connectivity index is 2.44.